The van der Waals surface area contributed by atoms with E-state index in [4.69, 9.17) is 10.5 Å². The van der Waals surface area contributed by atoms with Crippen molar-refractivity contribution in [2.75, 3.05) is 26.7 Å². The number of hydrogen-bond acceptors (Lipinski definition) is 5. The maximum Gasteiger partial charge on any atom is 0.236 e. The molecule has 1 fully saturated rings. The largest absolute Gasteiger partial charge is 0.391 e. The van der Waals surface area contributed by atoms with Crippen molar-refractivity contribution in [1.82, 2.24) is 9.80 Å². The van der Waals surface area contributed by atoms with E-state index >= 15 is 0 Å². The maximum atomic E-state index is 12.3. The molecule has 0 radical (unpaired) electrons. The van der Waals surface area contributed by atoms with Crippen LogP contribution in [-0.2, 0) is 4.79 Å². The second-order valence-corrected chi connectivity index (χ2v) is 5.53. The number of hydrogen-bond donors (Lipinski definition) is 1. The van der Waals surface area contributed by atoms with Crippen LogP contribution in [0, 0.1) is 22.7 Å². The highest BCUT2D eigenvalue weighted by Gasteiger charge is 2.28. The molecule has 0 spiro atoms. The van der Waals surface area contributed by atoms with Crippen molar-refractivity contribution in [1.29, 1.82) is 10.5 Å². The summed E-state index contributed by atoms with van der Waals surface area (Å²) in [4.78, 5) is 15.8. The number of rotatable bonds is 7. The smallest absolute Gasteiger partial charge is 0.236 e. The zero-order chi connectivity index (χ0) is 15.7. The molecular weight excluding hydrogens is 268 g/mol. The minimum absolute atomic E-state index is 0.0245. The van der Waals surface area contributed by atoms with Gasteiger partial charge in [0.05, 0.1) is 37.6 Å². The Kier molecular flexibility index (Phi) is 7.74. The second kappa shape index (κ2) is 9.33. The van der Waals surface area contributed by atoms with Crippen LogP contribution in [0.25, 0.3) is 0 Å². The third kappa shape index (κ3) is 5.71. The molecule has 2 unspecified atom stereocenters. The summed E-state index contributed by atoms with van der Waals surface area (Å²) in [5.41, 5.74) is 0. The van der Waals surface area contributed by atoms with Gasteiger partial charge in [0.2, 0.25) is 5.91 Å². The van der Waals surface area contributed by atoms with E-state index in [1.54, 1.807) is 4.90 Å². The molecule has 2 atom stereocenters. The summed E-state index contributed by atoms with van der Waals surface area (Å²) in [5.74, 6) is -0.0826. The Balaban J connectivity index is 2.54. The van der Waals surface area contributed by atoms with E-state index < -0.39 is 0 Å². The number of nitriles is 2. The molecule has 1 N–H and O–H groups in total. The molecule has 1 amide bonds. The topological polar surface area (TPSA) is 91.4 Å². The van der Waals surface area contributed by atoms with Crippen LogP contribution >= 0.6 is 0 Å². The van der Waals surface area contributed by atoms with Gasteiger partial charge in [-0.1, -0.05) is 12.8 Å². The highest BCUT2D eigenvalue weighted by atomic mass is 16.3. The zero-order valence-corrected chi connectivity index (χ0v) is 12.7. The number of carbonyl (C=O) groups is 1. The van der Waals surface area contributed by atoms with Crippen LogP contribution in [0.1, 0.15) is 38.5 Å². The van der Waals surface area contributed by atoms with E-state index in [-0.39, 0.29) is 37.4 Å². The van der Waals surface area contributed by atoms with Gasteiger partial charge in [0.1, 0.15) is 0 Å². The summed E-state index contributed by atoms with van der Waals surface area (Å²) in [6, 6.07) is 4.07. The highest BCUT2D eigenvalue weighted by molar-refractivity contribution is 5.78. The van der Waals surface area contributed by atoms with Gasteiger partial charge in [-0.25, -0.2) is 0 Å². The van der Waals surface area contributed by atoms with E-state index in [0.29, 0.717) is 13.1 Å². The fraction of sp³-hybridized carbons (Fsp3) is 0.800. The van der Waals surface area contributed by atoms with Gasteiger partial charge in [0.15, 0.2) is 0 Å². The van der Waals surface area contributed by atoms with Gasteiger partial charge < -0.3 is 10.0 Å². The summed E-state index contributed by atoms with van der Waals surface area (Å²) in [7, 11) is 1.85. The molecule has 0 bridgehead atoms. The minimum Gasteiger partial charge on any atom is -0.391 e. The Bertz CT molecular complexity index is 395. The standard InChI is InChI=1S/C15H24N4O2/c1-18(13-6-2-3-7-14(13)20)12-15(21)19(10-4-8-16)11-5-9-17/h13-14,20H,2-7,10-12H2,1H3. The van der Waals surface area contributed by atoms with Gasteiger partial charge in [0, 0.05) is 19.1 Å². The van der Waals surface area contributed by atoms with Crippen molar-refractivity contribution < 1.29 is 9.90 Å². The average molecular weight is 292 g/mol. The molecule has 0 saturated heterocycles. The van der Waals surface area contributed by atoms with E-state index in [2.05, 4.69) is 0 Å². The molecule has 116 valence electrons. The van der Waals surface area contributed by atoms with Crippen molar-refractivity contribution in [3.63, 3.8) is 0 Å². The first-order valence-corrected chi connectivity index (χ1v) is 7.50. The first-order chi connectivity index (χ1) is 10.1. The first kappa shape index (κ1) is 17.4. The lowest BCUT2D eigenvalue weighted by molar-refractivity contribution is -0.133. The molecule has 0 heterocycles. The van der Waals surface area contributed by atoms with Gasteiger partial charge in [-0.05, 0) is 19.9 Å². The Hall–Kier alpha value is -1.63. The quantitative estimate of drug-likeness (QED) is 0.752. The number of nitrogens with zero attached hydrogens (tertiary/aromatic N) is 4. The van der Waals surface area contributed by atoms with E-state index in [0.717, 1.165) is 25.7 Å². The molecule has 1 aliphatic carbocycles. The summed E-state index contributed by atoms with van der Waals surface area (Å²) < 4.78 is 0. The van der Waals surface area contributed by atoms with Crippen LogP contribution in [0.5, 0.6) is 0 Å². The predicted octanol–water partition coefficient (Wildman–Crippen LogP) is 0.878. The Morgan fingerprint density at radius 2 is 1.76 bits per heavy atom. The fourth-order valence-electron chi connectivity index (χ4n) is 2.77. The number of aliphatic hydroxyl groups excluding tert-OH is 1. The van der Waals surface area contributed by atoms with Crippen molar-refractivity contribution >= 4 is 5.91 Å². The number of carbonyl (C=O) groups excluding carboxylic acids is 1. The summed E-state index contributed by atoms with van der Waals surface area (Å²) in [5, 5.41) is 27.3. The summed E-state index contributed by atoms with van der Waals surface area (Å²) in [6.45, 7) is 0.939. The zero-order valence-electron chi connectivity index (χ0n) is 12.7. The van der Waals surface area contributed by atoms with Crippen molar-refractivity contribution in [3.8, 4) is 12.1 Å². The Morgan fingerprint density at radius 1 is 1.19 bits per heavy atom. The molecular formula is C15H24N4O2. The lowest BCUT2D eigenvalue weighted by Gasteiger charge is -2.35. The normalized spacial score (nSPS) is 21.6. The first-order valence-electron chi connectivity index (χ1n) is 7.50. The van der Waals surface area contributed by atoms with Gasteiger partial charge in [-0.3, -0.25) is 9.69 Å². The minimum atomic E-state index is -0.372. The molecule has 0 aromatic rings. The van der Waals surface area contributed by atoms with Crippen LogP contribution in [0.15, 0.2) is 0 Å². The van der Waals surface area contributed by atoms with E-state index in [1.807, 2.05) is 24.1 Å². The Morgan fingerprint density at radius 3 is 2.29 bits per heavy atom. The maximum absolute atomic E-state index is 12.3. The molecule has 0 aliphatic heterocycles. The van der Waals surface area contributed by atoms with Crippen molar-refractivity contribution in [2.24, 2.45) is 0 Å². The summed E-state index contributed by atoms with van der Waals surface area (Å²) >= 11 is 0. The SMILES string of the molecule is CN(CC(=O)N(CCC#N)CCC#N)C1CCCCC1O. The molecule has 1 aliphatic rings. The third-order valence-corrected chi connectivity index (χ3v) is 3.98. The van der Waals surface area contributed by atoms with Gasteiger partial charge in [-0.15, -0.1) is 0 Å². The molecule has 6 heteroatoms. The molecule has 1 saturated carbocycles. The van der Waals surface area contributed by atoms with E-state index in [1.165, 1.54) is 0 Å². The number of aliphatic hydroxyl groups is 1. The molecule has 0 aromatic carbocycles. The predicted molar refractivity (Wildman–Crippen MR) is 77.9 cm³/mol. The van der Waals surface area contributed by atoms with Gasteiger partial charge in [-0.2, -0.15) is 10.5 Å². The fourth-order valence-corrected chi connectivity index (χ4v) is 2.77. The average Bonchev–Trinajstić information content (AvgIpc) is 2.47. The van der Waals surface area contributed by atoms with Crippen LogP contribution < -0.4 is 0 Å². The van der Waals surface area contributed by atoms with Crippen LogP contribution in [0.4, 0.5) is 0 Å². The molecule has 0 aromatic heterocycles. The lowest BCUT2D eigenvalue weighted by atomic mass is 9.91. The van der Waals surface area contributed by atoms with Crippen molar-refractivity contribution in [3.05, 3.63) is 0 Å². The highest BCUT2D eigenvalue weighted by Crippen LogP contribution is 2.22. The van der Waals surface area contributed by atoms with E-state index in [9.17, 15) is 9.90 Å². The number of amides is 1. The van der Waals surface area contributed by atoms with Crippen molar-refractivity contribution in [2.45, 2.75) is 50.7 Å². The lowest BCUT2D eigenvalue weighted by Crippen LogP contribution is -2.48. The van der Waals surface area contributed by atoms with Crippen LogP contribution in [0.2, 0.25) is 0 Å². The van der Waals surface area contributed by atoms with Gasteiger partial charge >= 0.3 is 0 Å². The number of likely N-dealkylation sites (N-methyl/N-ethyl adjacent to an activating group) is 1. The second-order valence-electron chi connectivity index (χ2n) is 5.53. The molecule has 1 rings (SSSR count). The Labute approximate surface area is 126 Å². The molecule has 6 nitrogen and oxygen atoms in total. The third-order valence-electron chi connectivity index (χ3n) is 3.98. The monoisotopic (exact) mass is 292 g/mol. The van der Waals surface area contributed by atoms with Crippen LogP contribution in [0.3, 0.4) is 0 Å². The molecule has 21 heavy (non-hydrogen) atoms. The van der Waals surface area contributed by atoms with Crippen LogP contribution in [-0.4, -0.2) is 59.6 Å². The summed E-state index contributed by atoms with van der Waals surface area (Å²) in [6.07, 6.45) is 3.97. The van der Waals surface area contributed by atoms with Gasteiger partial charge in [0.25, 0.3) is 0 Å².